The molecule has 0 saturated carbocycles. The number of carbonyl (C=O) groups is 4. The monoisotopic (exact) mass is 1090 g/mol. The Morgan fingerprint density at radius 1 is 0.746 bits per heavy atom. The topological polar surface area (TPSA) is 206 Å². The number of anilines is 2. The average Bonchev–Trinajstić information content (AvgIpc) is 3.26. The molecule has 3 aliphatic rings. The van der Waals surface area contributed by atoms with Crippen LogP contribution >= 0.6 is 12.2 Å². The summed E-state index contributed by atoms with van der Waals surface area (Å²) in [7, 11) is 0. The van der Waals surface area contributed by atoms with E-state index in [1.807, 2.05) is 6.07 Å². The van der Waals surface area contributed by atoms with Crippen molar-refractivity contribution in [2.24, 2.45) is 0 Å². The minimum Gasteiger partial charge on any atom is -0.480 e. The van der Waals surface area contributed by atoms with Crippen LogP contribution < -0.4 is 25.5 Å². The van der Waals surface area contributed by atoms with Gasteiger partial charge in [0.1, 0.15) is 24.4 Å². The maximum Gasteiger partial charge on any atom is 0.317 e. The van der Waals surface area contributed by atoms with Crippen LogP contribution in [0.1, 0.15) is 46.1 Å². The second-order valence-electron chi connectivity index (χ2n) is 16.7. The first-order valence-corrected chi connectivity index (χ1v) is 23.3. The van der Waals surface area contributed by atoms with E-state index in [9.17, 15) is 39.6 Å². The molecular formula is C48H67GdN8O9S+. The molecule has 1 atom stereocenters. The Labute approximate surface area is 430 Å². The van der Waals surface area contributed by atoms with Gasteiger partial charge in [0.2, 0.25) is 5.36 Å². The number of nitrogens with zero attached hydrogens (tertiary/aromatic N) is 6. The fraction of sp³-hybridized carbons (Fsp3) is 0.500. The van der Waals surface area contributed by atoms with Gasteiger partial charge in [-0.3, -0.25) is 38.8 Å². The average molecular weight is 1090 g/mol. The molecule has 366 valence electrons. The molecule has 0 aromatic heterocycles. The maximum absolute atomic E-state index is 12.1. The van der Waals surface area contributed by atoms with Crippen molar-refractivity contribution in [2.75, 3.05) is 115 Å². The summed E-state index contributed by atoms with van der Waals surface area (Å²) < 4.78 is 8.99. The van der Waals surface area contributed by atoms with Crippen molar-refractivity contribution < 1.29 is 84.0 Å². The van der Waals surface area contributed by atoms with Gasteiger partial charge in [0.25, 0.3) is 0 Å². The molecule has 0 radical (unpaired) electrons. The van der Waals surface area contributed by atoms with Crippen LogP contribution in [0.25, 0.3) is 33.4 Å². The number of rotatable bonds is 19. The normalized spacial score (nSPS) is 15.8. The van der Waals surface area contributed by atoms with Gasteiger partial charge in [-0.05, 0) is 101 Å². The van der Waals surface area contributed by atoms with Gasteiger partial charge in [-0.15, -0.1) is 0 Å². The van der Waals surface area contributed by atoms with Crippen molar-refractivity contribution in [3.8, 4) is 22.5 Å². The number of fused-ring (bicyclic) bond motifs is 2. The van der Waals surface area contributed by atoms with Crippen molar-refractivity contribution in [2.45, 2.75) is 53.5 Å². The Kier molecular flexibility index (Phi) is 22.3. The molecule has 2 aromatic carbocycles. The van der Waals surface area contributed by atoms with Gasteiger partial charge in [-0.2, -0.15) is 0 Å². The molecule has 1 saturated heterocycles. The van der Waals surface area contributed by atoms with Crippen LogP contribution in [0.4, 0.5) is 11.4 Å². The van der Waals surface area contributed by atoms with Gasteiger partial charge in [0.15, 0.2) is 5.11 Å². The van der Waals surface area contributed by atoms with E-state index in [0.29, 0.717) is 24.5 Å². The van der Waals surface area contributed by atoms with Crippen LogP contribution in [0.2, 0.25) is 0 Å². The SMILES string of the molecule is CCN(CC)c1ccc2c(-c3ccc(NC(=S)NCCCC4CN(CC(=O)O)CCN(CC(=O)O)CCN(CC(=O)O)CCN4CC(=O)O)cc3C)c3ccc(=[N+](CC)CC)cc-3oc2c1.[Gd]. The molecule has 67 heavy (non-hydrogen) atoms. The molecule has 17 nitrogen and oxygen atoms in total. The van der Waals surface area contributed by atoms with Crippen molar-refractivity contribution in [3.05, 3.63) is 65.5 Å². The first-order valence-electron chi connectivity index (χ1n) is 22.9. The summed E-state index contributed by atoms with van der Waals surface area (Å²) in [5.41, 5.74) is 6.93. The summed E-state index contributed by atoms with van der Waals surface area (Å²) in [4.78, 5) is 56.6. The van der Waals surface area contributed by atoms with Crippen LogP contribution in [0.15, 0.2) is 59.0 Å². The van der Waals surface area contributed by atoms with Crippen LogP contribution in [-0.4, -0.2) is 180 Å². The molecule has 5 rings (SSSR count). The second-order valence-corrected chi connectivity index (χ2v) is 17.1. The Morgan fingerprint density at radius 2 is 1.33 bits per heavy atom. The third-order valence-corrected chi connectivity index (χ3v) is 12.5. The molecular weight excluding hydrogens is 1020 g/mol. The Balaban J connectivity index is 0.00000980. The summed E-state index contributed by atoms with van der Waals surface area (Å²) in [6.45, 7) is 15.0. The number of thiocarbonyl (C=S) groups is 1. The Hall–Kier alpha value is -4.34. The van der Waals surface area contributed by atoms with Crippen molar-refractivity contribution in [3.63, 3.8) is 0 Å². The quantitative estimate of drug-likeness (QED) is 0.0338. The van der Waals surface area contributed by atoms with Gasteiger partial charge in [-0.25, -0.2) is 4.58 Å². The summed E-state index contributed by atoms with van der Waals surface area (Å²) in [6, 6.07) is 18.7. The molecule has 2 heterocycles. The fourth-order valence-corrected chi connectivity index (χ4v) is 9.12. The number of nitrogens with one attached hydrogen (secondary N) is 2. The van der Waals surface area contributed by atoms with E-state index in [-0.39, 0.29) is 112 Å². The zero-order valence-corrected chi connectivity index (χ0v) is 42.4. The molecule has 0 spiro atoms. The van der Waals surface area contributed by atoms with Gasteiger partial charge in [0, 0.05) is 151 Å². The minimum atomic E-state index is -1.06. The molecule has 1 unspecified atom stereocenters. The second kappa shape index (κ2) is 27.0. The predicted molar refractivity (Wildman–Crippen MR) is 262 cm³/mol. The van der Waals surface area contributed by atoms with E-state index in [2.05, 4.69) is 103 Å². The number of carboxylic acid groups (broad SMARTS) is 4. The van der Waals surface area contributed by atoms with E-state index >= 15 is 0 Å². The molecule has 0 bridgehead atoms. The first-order chi connectivity index (χ1) is 31.6. The zero-order valence-electron chi connectivity index (χ0n) is 39.3. The van der Waals surface area contributed by atoms with Crippen molar-refractivity contribution in [1.82, 2.24) is 29.5 Å². The summed E-state index contributed by atoms with van der Waals surface area (Å²) in [5.74, 6) is -3.40. The minimum absolute atomic E-state index is 0. The van der Waals surface area contributed by atoms with Crippen LogP contribution in [0, 0.1) is 46.9 Å². The summed E-state index contributed by atoms with van der Waals surface area (Å²) in [6.07, 6.45) is 1.03. The standard InChI is InChI=1S/C48H66N8O9S.Gd/c1-6-54(7-2)35-13-16-39-41(26-35)65-42-27-36(55(8-3)9-4)14-17-40(42)47(39)38-15-12-34(25-33(38)5)50-48(66)49-18-10-11-37-28-53(31-45(61)62)22-21-51(29-43(57)58)19-20-52(30-44(59)60)23-24-56(37)32-46(63)64;/h12-17,25-27,37H,6-11,18-24,28-32H2,1-5H3,(H5,49,57,58,59,60,61,62,63,64,66);/p+1. The van der Waals surface area contributed by atoms with Crippen LogP contribution in [0.5, 0.6) is 0 Å². The predicted octanol–water partition coefficient (Wildman–Crippen LogP) is 4.17. The zero-order chi connectivity index (χ0) is 47.9. The Bertz CT molecular complexity index is 2370. The maximum atomic E-state index is 12.1. The van der Waals surface area contributed by atoms with E-state index in [1.54, 1.807) is 19.6 Å². The van der Waals surface area contributed by atoms with Gasteiger partial charge in [-0.1, -0.05) is 6.07 Å². The fourth-order valence-electron chi connectivity index (χ4n) is 8.90. The summed E-state index contributed by atoms with van der Waals surface area (Å²) in [5, 5.41) is 47.9. The van der Waals surface area contributed by atoms with Gasteiger partial charge < -0.3 is 40.4 Å². The van der Waals surface area contributed by atoms with Gasteiger partial charge in [0.05, 0.1) is 32.2 Å². The van der Waals surface area contributed by atoms with Crippen LogP contribution in [-0.2, 0) is 19.2 Å². The third kappa shape index (κ3) is 16.1. The van der Waals surface area contributed by atoms with Crippen LogP contribution in [0.3, 0.4) is 0 Å². The Morgan fingerprint density at radius 3 is 1.91 bits per heavy atom. The molecule has 0 amide bonds. The summed E-state index contributed by atoms with van der Waals surface area (Å²) >= 11 is 5.74. The largest absolute Gasteiger partial charge is 0.480 e. The van der Waals surface area contributed by atoms with E-state index < -0.39 is 29.9 Å². The number of carboxylic acids is 4. The molecule has 1 aliphatic carbocycles. The number of hydrogen-bond acceptors (Lipinski definition) is 11. The molecule has 2 aliphatic heterocycles. The molecule has 1 fully saturated rings. The molecule has 19 heteroatoms. The number of aliphatic carboxylic acids is 4. The molecule has 2 aromatic rings. The first kappa shape index (κ1) is 55.3. The smallest absolute Gasteiger partial charge is 0.317 e. The third-order valence-electron chi connectivity index (χ3n) is 12.3. The van der Waals surface area contributed by atoms with Crippen molar-refractivity contribution >= 4 is 63.6 Å². The van der Waals surface area contributed by atoms with Gasteiger partial charge >= 0.3 is 23.9 Å². The van der Waals surface area contributed by atoms with Crippen molar-refractivity contribution in [1.29, 1.82) is 0 Å². The number of aryl methyl sites for hydroxylation is 1. The van der Waals surface area contributed by atoms with E-state index in [1.165, 1.54) is 0 Å². The van der Waals surface area contributed by atoms with E-state index in [4.69, 9.17) is 16.6 Å². The molecule has 6 N–H and O–H groups in total. The van der Waals surface area contributed by atoms with E-state index in [0.717, 1.165) is 81.9 Å². The number of benzene rings is 3. The number of hydrogen-bond donors (Lipinski definition) is 6.